The molecule has 0 radical (unpaired) electrons. The quantitative estimate of drug-likeness (QED) is 0.117. The van der Waals surface area contributed by atoms with E-state index >= 15 is 0 Å². The molecule has 12 nitrogen and oxygen atoms in total. The van der Waals surface area contributed by atoms with E-state index in [0.717, 1.165) is 28.9 Å². The first-order valence-electron chi connectivity index (χ1n) is 15.9. The molecule has 4 aromatic rings. The zero-order valence-electron chi connectivity index (χ0n) is 29.1. The van der Waals surface area contributed by atoms with Crippen molar-refractivity contribution in [3.05, 3.63) is 72.3 Å². The molecule has 1 amide bonds. The number of benzene rings is 2. The molecule has 1 atom stereocenters. The van der Waals surface area contributed by atoms with E-state index in [1.165, 1.54) is 0 Å². The summed E-state index contributed by atoms with van der Waals surface area (Å²) in [6.45, 7) is 18.4. The molecule has 0 spiro atoms. The van der Waals surface area contributed by atoms with Crippen LogP contribution in [0.3, 0.4) is 0 Å². The number of rotatable bonds is 14. The Hall–Kier alpha value is -4.23. The second-order valence-corrected chi connectivity index (χ2v) is 18.8. The van der Waals surface area contributed by atoms with Crippen molar-refractivity contribution in [2.24, 2.45) is 0 Å². The van der Waals surface area contributed by atoms with E-state index < -0.39 is 26.1 Å². The van der Waals surface area contributed by atoms with Crippen molar-refractivity contribution in [2.75, 3.05) is 20.3 Å². The molecule has 0 aliphatic rings. The number of methoxy groups -OCH3 is 1. The summed E-state index contributed by atoms with van der Waals surface area (Å²) in [5.74, 6) is 2.00. The Kier molecular flexibility index (Phi) is 11.5. The summed E-state index contributed by atoms with van der Waals surface area (Å²) in [6, 6.07) is 15.7. The minimum Gasteiger partial charge on any atom is -0.497 e. The number of tetrazole rings is 1. The van der Waals surface area contributed by atoms with E-state index in [1.54, 1.807) is 11.9 Å². The highest BCUT2D eigenvalue weighted by Gasteiger charge is 2.40. The van der Waals surface area contributed by atoms with Crippen LogP contribution in [-0.4, -0.2) is 70.3 Å². The van der Waals surface area contributed by atoms with Gasteiger partial charge in [-0.05, 0) is 85.9 Å². The van der Waals surface area contributed by atoms with Gasteiger partial charge in [0.1, 0.15) is 29.8 Å². The summed E-state index contributed by atoms with van der Waals surface area (Å²) in [6.07, 6.45) is 3.67. The third-order valence-corrected chi connectivity index (χ3v) is 12.4. The highest BCUT2D eigenvalue weighted by molar-refractivity contribution is 6.74. The molecule has 0 saturated heterocycles. The number of alkyl carbamates (subject to hydrolysis) is 1. The summed E-state index contributed by atoms with van der Waals surface area (Å²) < 4.78 is 25.4. The van der Waals surface area contributed by atoms with Crippen LogP contribution in [-0.2, 0) is 22.3 Å². The lowest BCUT2D eigenvalue weighted by Crippen LogP contribution is -2.43. The maximum absolute atomic E-state index is 11.8. The van der Waals surface area contributed by atoms with E-state index in [1.807, 2.05) is 86.4 Å². The van der Waals surface area contributed by atoms with Gasteiger partial charge in [0.25, 0.3) is 0 Å². The lowest BCUT2D eigenvalue weighted by Gasteiger charge is -2.38. The first-order chi connectivity index (χ1) is 22.1. The zero-order valence-corrected chi connectivity index (χ0v) is 30.1. The Morgan fingerprint density at radius 1 is 0.957 bits per heavy atom. The van der Waals surface area contributed by atoms with Crippen LogP contribution in [0.4, 0.5) is 4.79 Å². The molecule has 47 heavy (non-hydrogen) atoms. The number of hydrogen-bond acceptors (Lipinski definition) is 9. The maximum atomic E-state index is 11.8. The van der Waals surface area contributed by atoms with Gasteiger partial charge in [0, 0.05) is 24.8 Å². The second-order valence-electron chi connectivity index (χ2n) is 14.0. The first kappa shape index (κ1) is 35.6. The number of hydrogen-bond donors (Lipinski definition) is 1. The highest BCUT2D eigenvalue weighted by Crippen LogP contribution is 2.39. The number of aryl methyl sites for hydroxylation is 1. The summed E-state index contributed by atoms with van der Waals surface area (Å²) in [5, 5.41) is 20.6. The number of carbonyl (C=O) groups is 1. The Labute approximate surface area is 278 Å². The third kappa shape index (κ3) is 10.6. The molecule has 0 unspecified atom stereocenters. The molecule has 2 aromatic carbocycles. The molecule has 2 heterocycles. The second kappa shape index (κ2) is 15.1. The van der Waals surface area contributed by atoms with Gasteiger partial charge in [0.2, 0.25) is 5.82 Å². The molecule has 2 aromatic heterocycles. The van der Waals surface area contributed by atoms with Gasteiger partial charge < -0.3 is 24.0 Å². The number of ether oxygens (including phenoxy) is 3. The standard InChI is InChI=1S/C34H49N7O5Si/c1-33(2,3)45-32(42)35-19-10-20-40-23-27(21-36-40)26-13-17-29(18-14-26)44-24-30(46-47(8,9)34(4,5)6)31-37-39-41(38-31)22-25-11-15-28(43-7)16-12-25/h11-18,21,23,30H,10,19-20,22,24H2,1-9H3,(H,35,42)/t30-/m1/s1. The molecule has 0 bridgehead atoms. The van der Waals surface area contributed by atoms with Gasteiger partial charge in [-0.1, -0.05) is 45.0 Å². The number of carbonyl (C=O) groups excluding carboxylic acids is 1. The molecular formula is C34H49N7O5Si. The molecule has 4 rings (SSSR count). The Morgan fingerprint density at radius 3 is 2.28 bits per heavy atom. The molecule has 0 saturated carbocycles. The molecular weight excluding hydrogens is 615 g/mol. The van der Waals surface area contributed by atoms with E-state index in [0.29, 0.717) is 31.2 Å². The number of amides is 1. The van der Waals surface area contributed by atoms with Gasteiger partial charge in [-0.25, -0.2) is 4.79 Å². The largest absolute Gasteiger partial charge is 0.497 e. The Balaban J connectivity index is 1.36. The van der Waals surface area contributed by atoms with Crippen LogP contribution < -0.4 is 14.8 Å². The van der Waals surface area contributed by atoms with Crippen molar-refractivity contribution < 1.29 is 23.4 Å². The van der Waals surface area contributed by atoms with Crippen LogP contribution in [0.5, 0.6) is 11.5 Å². The predicted octanol–water partition coefficient (Wildman–Crippen LogP) is 6.65. The van der Waals surface area contributed by atoms with E-state index in [4.69, 9.17) is 18.6 Å². The number of nitrogens with one attached hydrogen (secondary N) is 1. The summed E-state index contributed by atoms with van der Waals surface area (Å²) in [7, 11) is -0.543. The topological polar surface area (TPSA) is 127 Å². The molecule has 0 aliphatic carbocycles. The normalized spacial score (nSPS) is 12.9. The Bertz CT molecular complexity index is 1570. The SMILES string of the molecule is COc1ccc(Cn2nnc([C@@H](COc3ccc(-c4cnn(CCCNC(=O)OC(C)(C)C)c4)cc3)O[Si](C)(C)C(C)(C)C)n2)cc1. The van der Waals surface area contributed by atoms with Crippen LogP contribution in [0.25, 0.3) is 11.1 Å². The zero-order chi connectivity index (χ0) is 34.2. The summed E-state index contributed by atoms with van der Waals surface area (Å²) in [5.41, 5.74) is 2.54. The smallest absolute Gasteiger partial charge is 0.407 e. The van der Waals surface area contributed by atoms with Gasteiger partial charge >= 0.3 is 6.09 Å². The van der Waals surface area contributed by atoms with Crippen LogP contribution in [0, 0.1) is 0 Å². The molecule has 0 fully saturated rings. The fourth-order valence-corrected chi connectivity index (χ4v) is 5.57. The Morgan fingerprint density at radius 2 is 1.64 bits per heavy atom. The van der Waals surface area contributed by atoms with E-state index in [9.17, 15) is 4.79 Å². The van der Waals surface area contributed by atoms with Crippen molar-refractivity contribution in [2.45, 2.75) is 90.9 Å². The molecule has 254 valence electrons. The average Bonchev–Trinajstić information content (AvgIpc) is 3.67. The molecule has 1 N–H and O–H groups in total. The van der Waals surface area contributed by atoms with Gasteiger partial charge in [0.05, 0.1) is 19.9 Å². The van der Waals surface area contributed by atoms with Gasteiger partial charge in [-0.15, -0.1) is 10.2 Å². The van der Waals surface area contributed by atoms with Crippen LogP contribution >= 0.6 is 0 Å². The van der Waals surface area contributed by atoms with Crippen molar-refractivity contribution in [1.82, 2.24) is 35.3 Å². The van der Waals surface area contributed by atoms with Crippen LogP contribution in [0.2, 0.25) is 18.1 Å². The van der Waals surface area contributed by atoms with Gasteiger partial charge in [-0.3, -0.25) is 4.68 Å². The fourth-order valence-electron chi connectivity index (χ4n) is 4.34. The van der Waals surface area contributed by atoms with Crippen molar-refractivity contribution in [1.29, 1.82) is 0 Å². The third-order valence-electron chi connectivity index (χ3n) is 7.94. The van der Waals surface area contributed by atoms with Crippen molar-refractivity contribution >= 4 is 14.4 Å². The number of aromatic nitrogens is 6. The summed E-state index contributed by atoms with van der Waals surface area (Å²) >= 11 is 0. The van der Waals surface area contributed by atoms with Crippen LogP contribution in [0.15, 0.2) is 60.9 Å². The predicted molar refractivity (Wildman–Crippen MR) is 183 cm³/mol. The number of nitrogens with zero attached hydrogens (tertiary/aromatic N) is 6. The fraction of sp³-hybridized carbons (Fsp3) is 0.500. The van der Waals surface area contributed by atoms with E-state index in [2.05, 4.69) is 59.7 Å². The maximum Gasteiger partial charge on any atom is 0.407 e. The molecule has 13 heteroatoms. The van der Waals surface area contributed by atoms with Gasteiger partial charge in [0.15, 0.2) is 8.32 Å². The monoisotopic (exact) mass is 663 g/mol. The lowest BCUT2D eigenvalue weighted by molar-refractivity contribution is 0.0526. The van der Waals surface area contributed by atoms with Gasteiger partial charge in [-0.2, -0.15) is 9.90 Å². The highest BCUT2D eigenvalue weighted by atomic mass is 28.4. The first-order valence-corrected chi connectivity index (χ1v) is 18.8. The average molecular weight is 664 g/mol. The minimum atomic E-state index is -2.19. The van der Waals surface area contributed by atoms with E-state index in [-0.39, 0.29) is 11.6 Å². The minimum absolute atomic E-state index is 0.00889. The lowest BCUT2D eigenvalue weighted by atomic mass is 10.1. The van der Waals surface area contributed by atoms with Crippen molar-refractivity contribution in [3.8, 4) is 22.6 Å². The van der Waals surface area contributed by atoms with Crippen LogP contribution in [0.1, 0.15) is 65.5 Å². The molecule has 0 aliphatic heterocycles. The summed E-state index contributed by atoms with van der Waals surface area (Å²) in [4.78, 5) is 13.4. The van der Waals surface area contributed by atoms with Crippen molar-refractivity contribution in [3.63, 3.8) is 0 Å².